The number of carbonyl (C=O) groups excluding carboxylic acids is 1. The van der Waals surface area contributed by atoms with Gasteiger partial charge in [0, 0.05) is 31.6 Å². The van der Waals surface area contributed by atoms with Crippen molar-refractivity contribution in [1.82, 2.24) is 9.80 Å². The molecule has 116 valence electrons. The van der Waals surface area contributed by atoms with Crippen molar-refractivity contribution in [3.05, 3.63) is 0 Å². The van der Waals surface area contributed by atoms with Gasteiger partial charge in [-0.1, -0.05) is 6.92 Å². The Balaban J connectivity index is 1.80. The smallest absolute Gasteiger partial charge is 0.225 e. The minimum Gasteiger partial charge on any atom is -0.342 e. The van der Waals surface area contributed by atoms with Gasteiger partial charge in [-0.25, -0.2) is 0 Å². The molecule has 1 aliphatic carbocycles. The summed E-state index contributed by atoms with van der Waals surface area (Å²) in [7, 11) is 4.25. The Morgan fingerprint density at radius 1 is 1.20 bits per heavy atom. The van der Waals surface area contributed by atoms with Crippen LogP contribution in [0, 0.1) is 17.8 Å². The Morgan fingerprint density at radius 3 is 2.40 bits per heavy atom. The van der Waals surface area contributed by atoms with E-state index < -0.39 is 0 Å². The normalized spacial score (nSPS) is 32.6. The summed E-state index contributed by atoms with van der Waals surface area (Å²) in [4.78, 5) is 16.9. The SMILES string of the molecule is CC1CCC(C(=O)N2CCC(CN(C)C)CC2)CC1N. The first-order chi connectivity index (χ1) is 9.47. The first-order valence-corrected chi connectivity index (χ1v) is 8.16. The molecule has 3 unspecified atom stereocenters. The first-order valence-electron chi connectivity index (χ1n) is 8.16. The molecule has 1 amide bonds. The summed E-state index contributed by atoms with van der Waals surface area (Å²) in [5.74, 6) is 1.88. The Hall–Kier alpha value is -0.610. The molecule has 1 aliphatic heterocycles. The van der Waals surface area contributed by atoms with Crippen LogP contribution in [-0.2, 0) is 4.79 Å². The Bertz CT molecular complexity index is 324. The van der Waals surface area contributed by atoms with E-state index in [-0.39, 0.29) is 12.0 Å². The molecule has 0 aromatic heterocycles. The van der Waals surface area contributed by atoms with Crippen molar-refractivity contribution in [3.8, 4) is 0 Å². The fourth-order valence-electron chi connectivity index (χ4n) is 3.69. The molecule has 1 saturated heterocycles. The van der Waals surface area contributed by atoms with Crippen LogP contribution in [0.2, 0.25) is 0 Å². The molecule has 4 nitrogen and oxygen atoms in total. The molecule has 0 spiro atoms. The molecular formula is C16H31N3O. The second-order valence-electron chi connectivity index (χ2n) is 7.18. The fourth-order valence-corrected chi connectivity index (χ4v) is 3.69. The van der Waals surface area contributed by atoms with Crippen molar-refractivity contribution >= 4 is 5.91 Å². The number of nitrogens with two attached hydrogens (primary N) is 1. The van der Waals surface area contributed by atoms with Crippen LogP contribution < -0.4 is 5.73 Å². The lowest BCUT2D eigenvalue weighted by atomic mass is 9.78. The Morgan fingerprint density at radius 2 is 1.85 bits per heavy atom. The van der Waals surface area contributed by atoms with Gasteiger partial charge in [-0.3, -0.25) is 4.79 Å². The summed E-state index contributed by atoms with van der Waals surface area (Å²) in [6, 6.07) is 0.212. The van der Waals surface area contributed by atoms with Gasteiger partial charge >= 0.3 is 0 Å². The van der Waals surface area contributed by atoms with Gasteiger partial charge in [0.25, 0.3) is 0 Å². The largest absolute Gasteiger partial charge is 0.342 e. The Labute approximate surface area is 123 Å². The van der Waals surface area contributed by atoms with Crippen molar-refractivity contribution < 1.29 is 4.79 Å². The van der Waals surface area contributed by atoms with E-state index in [2.05, 4.69) is 30.8 Å². The first kappa shape index (κ1) is 15.8. The lowest BCUT2D eigenvalue weighted by Crippen LogP contribution is -2.46. The van der Waals surface area contributed by atoms with Gasteiger partial charge < -0.3 is 15.5 Å². The standard InChI is InChI=1S/C16H31N3O/c1-12-4-5-14(10-15(12)17)16(20)19-8-6-13(7-9-19)11-18(2)3/h12-15H,4-11,17H2,1-3H3. The zero-order valence-electron chi connectivity index (χ0n) is 13.3. The van der Waals surface area contributed by atoms with Crippen molar-refractivity contribution in [2.75, 3.05) is 33.7 Å². The third-order valence-electron chi connectivity index (χ3n) is 5.16. The van der Waals surface area contributed by atoms with Crippen LogP contribution in [0.4, 0.5) is 0 Å². The number of rotatable bonds is 3. The van der Waals surface area contributed by atoms with E-state index >= 15 is 0 Å². The van der Waals surface area contributed by atoms with Gasteiger partial charge in [0.1, 0.15) is 0 Å². The number of likely N-dealkylation sites (tertiary alicyclic amines) is 1. The molecule has 3 atom stereocenters. The molecule has 2 N–H and O–H groups in total. The molecule has 2 fully saturated rings. The van der Waals surface area contributed by atoms with E-state index in [1.54, 1.807) is 0 Å². The number of hydrogen-bond donors (Lipinski definition) is 1. The van der Waals surface area contributed by atoms with Gasteiger partial charge in [0.05, 0.1) is 0 Å². The fraction of sp³-hybridized carbons (Fsp3) is 0.938. The van der Waals surface area contributed by atoms with Crippen LogP contribution in [0.15, 0.2) is 0 Å². The highest BCUT2D eigenvalue weighted by Gasteiger charge is 2.33. The highest BCUT2D eigenvalue weighted by molar-refractivity contribution is 5.79. The minimum atomic E-state index is 0.187. The molecule has 2 aliphatic rings. The molecule has 20 heavy (non-hydrogen) atoms. The number of nitrogens with zero attached hydrogens (tertiary/aromatic N) is 2. The third kappa shape index (κ3) is 3.95. The van der Waals surface area contributed by atoms with Gasteiger partial charge in [0.2, 0.25) is 5.91 Å². The van der Waals surface area contributed by atoms with E-state index in [0.717, 1.165) is 57.7 Å². The predicted octanol–water partition coefficient (Wildman–Crippen LogP) is 1.55. The van der Waals surface area contributed by atoms with E-state index in [0.29, 0.717) is 11.8 Å². The summed E-state index contributed by atoms with van der Waals surface area (Å²) < 4.78 is 0. The highest BCUT2D eigenvalue weighted by atomic mass is 16.2. The van der Waals surface area contributed by atoms with Crippen LogP contribution in [0.5, 0.6) is 0 Å². The summed E-state index contributed by atoms with van der Waals surface area (Å²) >= 11 is 0. The van der Waals surface area contributed by atoms with Gasteiger partial charge in [-0.2, -0.15) is 0 Å². The highest BCUT2D eigenvalue weighted by Crippen LogP contribution is 2.30. The maximum absolute atomic E-state index is 12.6. The lowest BCUT2D eigenvalue weighted by Gasteiger charge is -2.38. The number of amides is 1. The maximum Gasteiger partial charge on any atom is 0.225 e. The van der Waals surface area contributed by atoms with E-state index in [1.165, 1.54) is 0 Å². The predicted molar refractivity (Wildman–Crippen MR) is 82.3 cm³/mol. The molecule has 1 heterocycles. The van der Waals surface area contributed by atoms with Gasteiger partial charge in [0.15, 0.2) is 0 Å². The molecule has 0 radical (unpaired) electrons. The molecule has 0 aromatic carbocycles. The van der Waals surface area contributed by atoms with Crippen molar-refractivity contribution in [2.45, 2.75) is 45.1 Å². The van der Waals surface area contributed by atoms with E-state index in [1.807, 2.05) is 0 Å². The molecular weight excluding hydrogens is 250 g/mol. The maximum atomic E-state index is 12.6. The third-order valence-corrected chi connectivity index (χ3v) is 5.16. The van der Waals surface area contributed by atoms with Crippen molar-refractivity contribution in [1.29, 1.82) is 0 Å². The molecule has 4 heteroatoms. The van der Waals surface area contributed by atoms with E-state index in [9.17, 15) is 4.79 Å². The number of piperidine rings is 1. The van der Waals surface area contributed by atoms with Crippen LogP contribution in [-0.4, -0.2) is 55.5 Å². The van der Waals surface area contributed by atoms with Gasteiger partial charge in [-0.05, 0) is 58.0 Å². The number of carbonyl (C=O) groups is 1. The quantitative estimate of drug-likeness (QED) is 0.854. The molecule has 0 bridgehead atoms. The second-order valence-corrected chi connectivity index (χ2v) is 7.18. The minimum absolute atomic E-state index is 0.187. The Kier molecular flexibility index (Phi) is 5.44. The monoisotopic (exact) mass is 281 g/mol. The van der Waals surface area contributed by atoms with Crippen LogP contribution in [0.1, 0.15) is 39.0 Å². The van der Waals surface area contributed by atoms with Crippen molar-refractivity contribution in [2.24, 2.45) is 23.5 Å². The van der Waals surface area contributed by atoms with Crippen LogP contribution in [0.25, 0.3) is 0 Å². The van der Waals surface area contributed by atoms with Gasteiger partial charge in [-0.15, -0.1) is 0 Å². The summed E-state index contributed by atoms with van der Waals surface area (Å²) in [5.41, 5.74) is 6.14. The van der Waals surface area contributed by atoms with Crippen molar-refractivity contribution in [3.63, 3.8) is 0 Å². The summed E-state index contributed by atoms with van der Waals surface area (Å²) in [5, 5.41) is 0. The van der Waals surface area contributed by atoms with Crippen LogP contribution >= 0.6 is 0 Å². The molecule has 0 aromatic rings. The molecule has 1 saturated carbocycles. The van der Waals surface area contributed by atoms with Crippen LogP contribution in [0.3, 0.4) is 0 Å². The average Bonchev–Trinajstić information content (AvgIpc) is 2.41. The zero-order valence-corrected chi connectivity index (χ0v) is 13.3. The average molecular weight is 281 g/mol. The molecule has 2 rings (SSSR count). The number of hydrogen-bond acceptors (Lipinski definition) is 3. The summed E-state index contributed by atoms with van der Waals surface area (Å²) in [6.45, 7) is 5.24. The van der Waals surface area contributed by atoms with E-state index in [4.69, 9.17) is 5.73 Å². The zero-order chi connectivity index (χ0) is 14.7. The lowest BCUT2D eigenvalue weighted by molar-refractivity contribution is -0.138. The summed E-state index contributed by atoms with van der Waals surface area (Å²) in [6.07, 6.45) is 5.33. The topological polar surface area (TPSA) is 49.6 Å². The second kappa shape index (κ2) is 6.90.